The minimum Gasteiger partial charge on any atom is -0.449 e. The molecule has 0 bridgehead atoms. The number of sulfonamides is 1. The molecule has 0 aliphatic heterocycles. The molecule has 0 aliphatic carbocycles. The summed E-state index contributed by atoms with van der Waals surface area (Å²) in [6, 6.07) is 16.3. The second kappa shape index (κ2) is 7.21. The first-order valence-electron chi connectivity index (χ1n) is 8.07. The number of aryl methyl sites for hydroxylation is 1. The van der Waals surface area contributed by atoms with Gasteiger partial charge in [-0.1, -0.05) is 49.4 Å². The lowest BCUT2D eigenvalue weighted by molar-refractivity contribution is 0.423. The molecule has 0 saturated carbocycles. The zero-order chi connectivity index (χ0) is 17.9. The predicted molar refractivity (Wildman–Crippen MR) is 96.4 cm³/mol. The van der Waals surface area contributed by atoms with Gasteiger partial charge in [0, 0.05) is 25.6 Å². The summed E-state index contributed by atoms with van der Waals surface area (Å²) >= 11 is 0. The molecule has 1 heterocycles. The third-order valence-electron chi connectivity index (χ3n) is 3.96. The molecule has 5 nitrogen and oxygen atoms in total. The van der Waals surface area contributed by atoms with Crippen molar-refractivity contribution in [3.8, 4) is 11.3 Å². The summed E-state index contributed by atoms with van der Waals surface area (Å²) in [5.41, 5.74) is 2.47. The van der Waals surface area contributed by atoms with Crippen LogP contribution in [0.15, 0.2) is 70.2 Å². The van der Waals surface area contributed by atoms with Crippen LogP contribution in [0.4, 0.5) is 0 Å². The maximum atomic E-state index is 12.9. The molecule has 0 atom stereocenters. The van der Waals surface area contributed by atoms with Crippen molar-refractivity contribution in [1.82, 2.24) is 9.29 Å². The van der Waals surface area contributed by atoms with Gasteiger partial charge in [0.1, 0.15) is 12.0 Å². The summed E-state index contributed by atoms with van der Waals surface area (Å²) in [5.74, 6) is 0.576. The van der Waals surface area contributed by atoms with Crippen LogP contribution < -0.4 is 0 Å². The number of oxazole rings is 1. The first-order chi connectivity index (χ1) is 12.0. The number of aromatic nitrogens is 1. The molecule has 1 aromatic heterocycles. The van der Waals surface area contributed by atoms with E-state index in [1.807, 2.05) is 37.3 Å². The molecule has 0 fully saturated rings. The standard InChI is InChI=1S/C19H20N2O3S/c1-3-21(13-16-7-5-4-6-8-16)25(22,23)18-11-9-17(10-12-18)19-14-24-15(2)20-19/h4-12,14H,3,13H2,1-2H3. The van der Waals surface area contributed by atoms with Crippen LogP contribution in [-0.4, -0.2) is 24.3 Å². The molecular formula is C19H20N2O3S. The van der Waals surface area contributed by atoms with Crippen molar-refractivity contribution in [2.24, 2.45) is 0 Å². The SMILES string of the molecule is CCN(Cc1ccccc1)S(=O)(=O)c1ccc(-c2coc(C)n2)cc1. The van der Waals surface area contributed by atoms with Crippen molar-refractivity contribution < 1.29 is 12.8 Å². The molecule has 6 heteroatoms. The number of benzene rings is 2. The Morgan fingerprint density at radius 3 is 2.28 bits per heavy atom. The Morgan fingerprint density at radius 1 is 1.04 bits per heavy atom. The van der Waals surface area contributed by atoms with Gasteiger partial charge in [-0.2, -0.15) is 4.31 Å². The van der Waals surface area contributed by atoms with Crippen LogP contribution in [0.2, 0.25) is 0 Å². The summed E-state index contributed by atoms with van der Waals surface area (Å²) in [6.07, 6.45) is 1.56. The Bertz CT molecular complexity index is 932. The van der Waals surface area contributed by atoms with Gasteiger partial charge in [-0.25, -0.2) is 13.4 Å². The van der Waals surface area contributed by atoms with E-state index in [2.05, 4.69) is 4.98 Å². The largest absolute Gasteiger partial charge is 0.449 e. The number of nitrogens with zero attached hydrogens (tertiary/aromatic N) is 2. The normalized spacial score (nSPS) is 11.8. The van der Waals surface area contributed by atoms with Gasteiger partial charge in [-0.3, -0.25) is 0 Å². The van der Waals surface area contributed by atoms with Crippen molar-refractivity contribution >= 4 is 10.0 Å². The zero-order valence-electron chi connectivity index (χ0n) is 14.2. The van der Waals surface area contributed by atoms with Crippen molar-refractivity contribution in [1.29, 1.82) is 0 Å². The molecule has 0 radical (unpaired) electrons. The number of hydrogen-bond acceptors (Lipinski definition) is 4. The molecule has 25 heavy (non-hydrogen) atoms. The Balaban J connectivity index is 1.85. The third-order valence-corrected chi connectivity index (χ3v) is 5.90. The van der Waals surface area contributed by atoms with Crippen molar-refractivity contribution in [2.45, 2.75) is 25.3 Å². The third kappa shape index (κ3) is 3.81. The van der Waals surface area contributed by atoms with Crippen LogP contribution in [0.3, 0.4) is 0 Å². The molecule has 0 spiro atoms. The van der Waals surface area contributed by atoms with E-state index in [0.717, 1.165) is 11.1 Å². The predicted octanol–water partition coefficient (Wildman–Crippen LogP) is 3.86. The van der Waals surface area contributed by atoms with Gasteiger partial charge in [0.15, 0.2) is 5.89 Å². The van der Waals surface area contributed by atoms with E-state index in [-0.39, 0.29) is 4.90 Å². The van der Waals surface area contributed by atoms with Gasteiger partial charge in [-0.05, 0) is 17.7 Å². The zero-order valence-corrected chi connectivity index (χ0v) is 15.0. The van der Waals surface area contributed by atoms with E-state index in [9.17, 15) is 8.42 Å². The highest BCUT2D eigenvalue weighted by Crippen LogP contribution is 2.23. The van der Waals surface area contributed by atoms with E-state index < -0.39 is 10.0 Å². The Labute approximate surface area is 148 Å². The van der Waals surface area contributed by atoms with Gasteiger partial charge < -0.3 is 4.42 Å². The smallest absolute Gasteiger partial charge is 0.243 e. The van der Waals surface area contributed by atoms with Crippen LogP contribution in [0.1, 0.15) is 18.4 Å². The lowest BCUT2D eigenvalue weighted by Crippen LogP contribution is -2.30. The fourth-order valence-corrected chi connectivity index (χ4v) is 4.03. The highest BCUT2D eigenvalue weighted by atomic mass is 32.2. The Hall–Kier alpha value is -2.44. The Kier molecular flexibility index (Phi) is 5.01. The molecule has 0 saturated heterocycles. The molecule has 0 unspecified atom stereocenters. The van der Waals surface area contributed by atoms with E-state index in [1.54, 1.807) is 37.5 Å². The average molecular weight is 356 g/mol. The molecule has 2 aromatic carbocycles. The molecular weight excluding hydrogens is 336 g/mol. The van der Waals surface area contributed by atoms with Crippen LogP contribution in [0.25, 0.3) is 11.3 Å². The van der Waals surface area contributed by atoms with Crippen molar-refractivity contribution in [3.63, 3.8) is 0 Å². The maximum absolute atomic E-state index is 12.9. The molecule has 130 valence electrons. The molecule has 3 aromatic rings. The topological polar surface area (TPSA) is 63.4 Å². The lowest BCUT2D eigenvalue weighted by Gasteiger charge is -2.20. The fourth-order valence-electron chi connectivity index (χ4n) is 2.60. The minimum absolute atomic E-state index is 0.272. The summed E-state index contributed by atoms with van der Waals surface area (Å²) < 4.78 is 32.5. The van der Waals surface area contributed by atoms with E-state index in [1.165, 1.54) is 4.31 Å². The average Bonchev–Trinajstić information content (AvgIpc) is 3.07. The van der Waals surface area contributed by atoms with E-state index in [0.29, 0.717) is 24.7 Å². The maximum Gasteiger partial charge on any atom is 0.243 e. The second-order valence-electron chi connectivity index (χ2n) is 5.69. The molecule has 0 aliphatic rings. The Morgan fingerprint density at radius 2 is 1.72 bits per heavy atom. The number of hydrogen-bond donors (Lipinski definition) is 0. The summed E-state index contributed by atoms with van der Waals surface area (Å²) in [6.45, 7) is 4.36. The summed E-state index contributed by atoms with van der Waals surface area (Å²) in [7, 11) is -3.55. The second-order valence-corrected chi connectivity index (χ2v) is 7.63. The van der Waals surface area contributed by atoms with Crippen LogP contribution >= 0.6 is 0 Å². The van der Waals surface area contributed by atoms with Gasteiger partial charge >= 0.3 is 0 Å². The van der Waals surface area contributed by atoms with Crippen LogP contribution in [0, 0.1) is 6.92 Å². The van der Waals surface area contributed by atoms with E-state index in [4.69, 9.17) is 4.42 Å². The van der Waals surface area contributed by atoms with Crippen LogP contribution in [0.5, 0.6) is 0 Å². The first kappa shape index (κ1) is 17.4. The lowest BCUT2D eigenvalue weighted by atomic mass is 10.2. The van der Waals surface area contributed by atoms with Gasteiger partial charge in [-0.15, -0.1) is 0 Å². The fraction of sp³-hybridized carbons (Fsp3) is 0.211. The molecule has 3 rings (SSSR count). The van der Waals surface area contributed by atoms with Gasteiger partial charge in [0.2, 0.25) is 10.0 Å². The highest BCUT2D eigenvalue weighted by molar-refractivity contribution is 7.89. The van der Waals surface area contributed by atoms with Crippen molar-refractivity contribution in [2.75, 3.05) is 6.54 Å². The van der Waals surface area contributed by atoms with Gasteiger partial charge in [0.05, 0.1) is 4.90 Å². The summed E-state index contributed by atoms with van der Waals surface area (Å²) in [5, 5.41) is 0. The van der Waals surface area contributed by atoms with Crippen LogP contribution in [-0.2, 0) is 16.6 Å². The number of rotatable bonds is 6. The monoisotopic (exact) mass is 356 g/mol. The molecule has 0 amide bonds. The first-order valence-corrected chi connectivity index (χ1v) is 9.51. The summed E-state index contributed by atoms with van der Waals surface area (Å²) in [4.78, 5) is 4.53. The highest BCUT2D eigenvalue weighted by Gasteiger charge is 2.23. The minimum atomic E-state index is -3.55. The van der Waals surface area contributed by atoms with Crippen molar-refractivity contribution in [3.05, 3.63) is 72.3 Å². The molecule has 0 N–H and O–H groups in total. The van der Waals surface area contributed by atoms with E-state index >= 15 is 0 Å². The quantitative estimate of drug-likeness (QED) is 0.673. The van der Waals surface area contributed by atoms with Gasteiger partial charge in [0.25, 0.3) is 0 Å².